The molecule has 4 heteroatoms. The van der Waals surface area contributed by atoms with E-state index in [1.807, 2.05) is 24.3 Å². The first kappa shape index (κ1) is 8.97. The van der Waals surface area contributed by atoms with Crippen LogP contribution in [0.5, 0.6) is 0 Å². The molecule has 1 aromatic carbocycles. The molecule has 0 saturated heterocycles. The van der Waals surface area contributed by atoms with Crippen LogP contribution in [0.3, 0.4) is 0 Å². The molecule has 0 saturated carbocycles. The van der Waals surface area contributed by atoms with Gasteiger partial charge in [-0.1, -0.05) is 23.7 Å². The highest BCUT2D eigenvalue weighted by atomic mass is 35.5. The summed E-state index contributed by atoms with van der Waals surface area (Å²) in [5, 5.41) is 5.94. The van der Waals surface area contributed by atoms with Crippen molar-refractivity contribution in [1.29, 1.82) is 0 Å². The number of hydrogen-bond acceptors (Lipinski definition) is 3. The minimum atomic E-state index is 0.513. The molecule has 0 atom stereocenters. The van der Waals surface area contributed by atoms with Gasteiger partial charge in [-0.15, -0.1) is 0 Å². The average molecular weight is 206 g/mol. The number of pyridine rings is 1. The number of nitrogens with two attached hydrogens (primary N) is 1. The lowest BCUT2D eigenvalue weighted by atomic mass is 10.1. The van der Waals surface area contributed by atoms with Crippen LogP contribution in [0.2, 0.25) is 5.15 Å². The highest BCUT2D eigenvalue weighted by molar-refractivity contribution is 6.34. The van der Waals surface area contributed by atoms with Crippen molar-refractivity contribution in [2.75, 3.05) is 0 Å². The molecule has 0 aliphatic heterocycles. The van der Waals surface area contributed by atoms with Crippen molar-refractivity contribution in [2.24, 2.45) is 10.9 Å². The summed E-state index contributed by atoms with van der Waals surface area (Å²) in [6.45, 7) is 0. The van der Waals surface area contributed by atoms with Crippen LogP contribution in [-0.4, -0.2) is 11.2 Å². The van der Waals surface area contributed by atoms with Gasteiger partial charge in [0.15, 0.2) is 0 Å². The van der Waals surface area contributed by atoms with Crippen LogP contribution in [0.15, 0.2) is 35.6 Å². The highest BCUT2D eigenvalue weighted by Crippen LogP contribution is 2.21. The van der Waals surface area contributed by atoms with Gasteiger partial charge in [-0.05, 0) is 23.1 Å². The first-order chi connectivity index (χ1) is 6.81. The molecule has 0 bridgehead atoms. The summed E-state index contributed by atoms with van der Waals surface area (Å²) < 4.78 is 0. The Morgan fingerprint density at radius 2 is 2.21 bits per heavy atom. The molecule has 0 amide bonds. The van der Waals surface area contributed by atoms with Crippen molar-refractivity contribution in [3.63, 3.8) is 0 Å². The quantitative estimate of drug-likeness (QED) is 0.336. The van der Waals surface area contributed by atoms with Crippen molar-refractivity contribution in [2.45, 2.75) is 0 Å². The number of aromatic nitrogens is 1. The van der Waals surface area contributed by atoms with Gasteiger partial charge < -0.3 is 5.84 Å². The fourth-order valence-corrected chi connectivity index (χ4v) is 1.55. The normalized spacial score (nSPS) is 11.2. The van der Waals surface area contributed by atoms with Crippen LogP contribution in [0.1, 0.15) is 5.56 Å². The molecule has 14 heavy (non-hydrogen) atoms. The van der Waals surface area contributed by atoms with E-state index in [2.05, 4.69) is 10.1 Å². The number of benzene rings is 1. The molecule has 1 aromatic heterocycles. The number of halogens is 1. The molecule has 1 heterocycles. The standard InChI is InChI=1S/C10H8ClN3/c11-10-9-2-1-7(6-14-12)5-8(9)3-4-13-10/h1-6H,12H2. The molecule has 0 spiro atoms. The Hall–Kier alpha value is -1.61. The van der Waals surface area contributed by atoms with E-state index < -0.39 is 0 Å². The predicted molar refractivity (Wildman–Crippen MR) is 58.5 cm³/mol. The van der Waals surface area contributed by atoms with E-state index in [-0.39, 0.29) is 0 Å². The Balaban J connectivity index is 2.67. The summed E-state index contributed by atoms with van der Waals surface area (Å²) in [7, 11) is 0. The molecule has 3 nitrogen and oxygen atoms in total. The topological polar surface area (TPSA) is 51.3 Å². The first-order valence-electron chi connectivity index (χ1n) is 4.09. The van der Waals surface area contributed by atoms with Crippen molar-refractivity contribution in [1.82, 2.24) is 4.98 Å². The molecule has 0 aliphatic carbocycles. The fourth-order valence-electron chi connectivity index (χ4n) is 1.33. The third-order valence-electron chi connectivity index (χ3n) is 1.96. The van der Waals surface area contributed by atoms with E-state index in [0.29, 0.717) is 5.15 Å². The van der Waals surface area contributed by atoms with Crippen LogP contribution in [0, 0.1) is 0 Å². The van der Waals surface area contributed by atoms with E-state index in [1.54, 1.807) is 12.4 Å². The molecule has 2 rings (SSSR count). The van der Waals surface area contributed by atoms with Crippen LogP contribution >= 0.6 is 11.6 Å². The molecular weight excluding hydrogens is 198 g/mol. The summed E-state index contributed by atoms with van der Waals surface area (Å²) in [5.41, 5.74) is 0.947. The zero-order valence-electron chi connectivity index (χ0n) is 7.31. The van der Waals surface area contributed by atoms with E-state index >= 15 is 0 Å². The second-order valence-electron chi connectivity index (χ2n) is 2.86. The Morgan fingerprint density at radius 3 is 3.00 bits per heavy atom. The van der Waals surface area contributed by atoms with Gasteiger partial charge in [0.1, 0.15) is 5.15 Å². The van der Waals surface area contributed by atoms with Gasteiger partial charge in [0, 0.05) is 11.6 Å². The minimum absolute atomic E-state index is 0.513. The van der Waals surface area contributed by atoms with Gasteiger partial charge in [-0.25, -0.2) is 4.98 Å². The Kier molecular flexibility index (Phi) is 2.33. The third kappa shape index (κ3) is 1.54. The summed E-state index contributed by atoms with van der Waals surface area (Å²) in [4.78, 5) is 3.99. The third-order valence-corrected chi connectivity index (χ3v) is 2.26. The number of hydrazone groups is 1. The Labute approximate surface area is 86.2 Å². The smallest absolute Gasteiger partial charge is 0.136 e. The maximum absolute atomic E-state index is 5.92. The Bertz CT molecular complexity index is 494. The lowest BCUT2D eigenvalue weighted by Crippen LogP contribution is -1.87. The summed E-state index contributed by atoms with van der Waals surface area (Å²) >= 11 is 5.92. The lowest BCUT2D eigenvalue weighted by molar-refractivity contribution is 1.26. The summed E-state index contributed by atoms with van der Waals surface area (Å²) in [6, 6.07) is 7.66. The van der Waals surface area contributed by atoms with Crippen molar-refractivity contribution in [3.05, 3.63) is 41.2 Å². The molecule has 0 unspecified atom stereocenters. The molecule has 0 fully saturated rings. The summed E-state index contributed by atoms with van der Waals surface area (Å²) in [5.74, 6) is 5.07. The largest absolute Gasteiger partial charge is 0.323 e. The van der Waals surface area contributed by atoms with E-state index in [9.17, 15) is 0 Å². The van der Waals surface area contributed by atoms with Gasteiger partial charge in [0.2, 0.25) is 0 Å². The molecule has 2 aromatic rings. The van der Waals surface area contributed by atoms with Crippen LogP contribution < -0.4 is 5.84 Å². The van der Waals surface area contributed by atoms with Crippen LogP contribution in [0.4, 0.5) is 0 Å². The number of rotatable bonds is 1. The number of hydrogen-bond donors (Lipinski definition) is 1. The molecular formula is C10H8ClN3. The zero-order chi connectivity index (χ0) is 9.97. The monoisotopic (exact) mass is 205 g/mol. The maximum Gasteiger partial charge on any atom is 0.136 e. The van der Waals surface area contributed by atoms with E-state index in [4.69, 9.17) is 17.4 Å². The minimum Gasteiger partial charge on any atom is -0.323 e. The van der Waals surface area contributed by atoms with Crippen molar-refractivity contribution in [3.8, 4) is 0 Å². The molecule has 0 aliphatic rings. The predicted octanol–water partition coefficient (Wildman–Crippen LogP) is 2.18. The van der Waals surface area contributed by atoms with Crippen LogP contribution in [0.25, 0.3) is 10.8 Å². The highest BCUT2D eigenvalue weighted by Gasteiger charge is 1.99. The Morgan fingerprint density at radius 1 is 1.36 bits per heavy atom. The van der Waals surface area contributed by atoms with E-state index in [1.165, 1.54) is 0 Å². The van der Waals surface area contributed by atoms with Crippen LogP contribution in [-0.2, 0) is 0 Å². The van der Waals surface area contributed by atoms with E-state index in [0.717, 1.165) is 16.3 Å². The molecule has 0 radical (unpaired) electrons. The average Bonchev–Trinajstić information content (AvgIpc) is 2.18. The first-order valence-corrected chi connectivity index (χ1v) is 4.46. The van der Waals surface area contributed by atoms with Gasteiger partial charge in [-0.2, -0.15) is 5.10 Å². The lowest BCUT2D eigenvalue weighted by Gasteiger charge is -1.99. The summed E-state index contributed by atoms with van der Waals surface area (Å²) in [6.07, 6.45) is 3.27. The van der Waals surface area contributed by atoms with Gasteiger partial charge >= 0.3 is 0 Å². The number of fused-ring (bicyclic) bond motifs is 1. The molecule has 2 N–H and O–H groups in total. The SMILES string of the molecule is NN=Cc1ccc2c(Cl)nccc2c1. The van der Waals surface area contributed by atoms with Crippen molar-refractivity contribution < 1.29 is 0 Å². The second-order valence-corrected chi connectivity index (χ2v) is 3.22. The zero-order valence-corrected chi connectivity index (χ0v) is 8.07. The maximum atomic E-state index is 5.92. The van der Waals surface area contributed by atoms with Gasteiger partial charge in [-0.3, -0.25) is 0 Å². The van der Waals surface area contributed by atoms with Crippen molar-refractivity contribution >= 4 is 28.6 Å². The second kappa shape index (κ2) is 3.64. The van der Waals surface area contributed by atoms with Gasteiger partial charge in [0.05, 0.1) is 6.21 Å². The fraction of sp³-hybridized carbons (Fsp3) is 0. The number of nitrogens with zero attached hydrogens (tertiary/aromatic N) is 2. The molecule has 70 valence electrons. The van der Waals surface area contributed by atoms with Gasteiger partial charge in [0.25, 0.3) is 0 Å².